The third-order valence-electron chi connectivity index (χ3n) is 2.76. The molecule has 1 amide bonds. The van der Waals surface area contributed by atoms with Crippen molar-refractivity contribution in [3.8, 4) is 0 Å². The Labute approximate surface area is 107 Å². The number of aryl methyl sites for hydroxylation is 2. The molecule has 2 aromatic rings. The highest BCUT2D eigenvalue weighted by Gasteiger charge is 2.05. The van der Waals surface area contributed by atoms with Crippen LogP contribution in [0.2, 0.25) is 0 Å². The molecule has 0 saturated heterocycles. The standard InChI is InChI=1S/C14H17N3O/c1-3-17-9-8-13(16-17)10-15-14(18)12-6-4-11(2)5-7-12/h4-9H,3,10H2,1-2H3,(H,15,18). The van der Waals surface area contributed by atoms with Crippen LogP contribution in [0.4, 0.5) is 0 Å². The summed E-state index contributed by atoms with van der Waals surface area (Å²) in [6, 6.07) is 9.44. The topological polar surface area (TPSA) is 46.9 Å². The molecule has 0 aliphatic heterocycles. The van der Waals surface area contributed by atoms with Crippen LogP contribution in [0.5, 0.6) is 0 Å². The van der Waals surface area contributed by atoms with Crippen molar-refractivity contribution < 1.29 is 4.79 Å². The molecule has 1 heterocycles. The monoisotopic (exact) mass is 243 g/mol. The van der Waals surface area contributed by atoms with Gasteiger partial charge in [-0.15, -0.1) is 0 Å². The third kappa shape index (κ3) is 2.97. The zero-order chi connectivity index (χ0) is 13.0. The first-order valence-corrected chi connectivity index (χ1v) is 6.06. The van der Waals surface area contributed by atoms with Crippen molar-refractivity contribution >= 4 is 5.91 Å². The minimum Gasteiger partial charge on any atom is -0.346 e. The lowest BCUT2D eigenvalue weighted by atomic mass is 10.1. The van der Waals surface area contributed by atoms with Gasteiger partial charge in [-0.05, 0) is 32.0 Å². The molecule has 0 radical (unpaired) electrons. The van der Waals surface area contributed by atoms with Crippen molar-refractivity contribution in [2.75, 3.05) is 0 Å². The second-order valence-corrected chi connectivity index (χ2v) is 4.21. The number of carbonyl (C=O) groups is 1. The summed E-state index contributed by atoms with van der Waals surface area (Å²) in [5, 5.41) is 7.17. The number of benzene rings is 1. The quantitative estimate of drug-likeness (QED) is 0.894. The zero-order valence-corrected chi connectivity index (χ0v) is 10.7. The Morgan fingerprint density at radius 2 is 2.00 bits per heavy atom. The van der Waals surface area contributed by atoms with Gasteiger partial charge in [0.05, 0.1) is 12.2 Å². The molecule has 2 rings (SSSR count). The molecular formula is C14H17N3O. The molecule has 0 bridgehead atoms. The molecule has 94 valence electrons. The highest BCUT2D eigenvalue weighted by Crippen LogP contribution is 2.03. The van der Waals surface area contributed by atoms with E-state index in [0.29, 0.717) is 12.1 Å². The maximum absolute atomic E-state index is 11.9. The smallest absolute Gasteiger partial charge is 0.251 e. The minimum absolute atomic E-state index is 0.0685. The molecule has 1 aromatic heterocycles. The largest absolute Gasteiger partial charge is 0.346 e. The number of rotatable bonds is 4. The molecule has 1 N–H and O–H groups in total. The van der Waals surface area contributed by atoms with E-state index in [-0.39, 0.29) is 5.91 Å². The molecule has 4 heteroatoms. The Morgan fingerprint density at radius 1 is 1.28 bits per heavy atom. The van der Waals surface area contributed by atoms with Crippen LogP contribution in [0.15, 0.2) is 36.5 Å². The molecule has 4 nitrogen and oxygen atoms in total. The minimum atomic E-state index is -0.0685. The van der Waals surface area contributed by atoms with E-state index in [1.54, 1.807) is 0 Å². The molecule has 0 saturated carbocycles. The first-order valence-electron chi connectivity index (χ1n) is 6.06. The lowest BCUT2D eigenvalue weighted by molar-refractivity contribution is 0.0950. The predicted molar refractivity (Wildman–Crippen MR) is 70.3 cm³/mol. The van der Waals surface area contributed by atoms with Gasteiger partial charge in [-0.2, -0.15) is 5.10 Å². The molecule has 0 aliphatic carbocycles. The maximum atomic E-state index is 11.9. The van der Waals surface area contributed by atoms with Gasteiger partial charge in [-0.1, -0.05) is 17.7 Å². The lowest BCUT2D eigenvalue weighted by Crippen LogP contribution is -2.23. The summed E-state index contributed by atoms with van der Waals surface area (Å²) < 4.78 is 1.84. The number of aromatic nitrogens is 2. The molecule has 0 spiro atoms. The first-order chi connectivity index (χ1) is 8.69. The average molecular weight is 243 g/mol. The Kier molecular flexibility index (Phi) is 3.77. The van der Waals surface area contributed by atoms with Gasteiger partial charge in [0.15, 0.2) is 0 Å². The number of nitrogens with one attached hydrogen (secondary N) is 1. The molecule has 0 aliphatic rings. The second kappa shape index (κ2) is 5.49. The van der Waals surface area contributed by atoms with Crippen LogP contribution >= 0.6 is 0 Å². The van der Waals surface area contributed by atoms with E-state index in [1.165, 1.54) is 0 Å². The summed E-state index contributed by atoms with van der Waals surface area (Å²) in [6.45, 7) is 5.33. The lowest BCUT2D eigenvalue weighted by Gasteiger charge is -2.03. The fourth-order valence-electron chi connectivity index (χ4n) is 1.65. The predicted octanol–water partition coefficient (Wildman–Crippen LogP) is 2.14. The Morgan fingerprint density at radius 3 is 2.61 bits per heavy atom. The highest BCUT2D eigenvalue weighted by molar-refractivity contribution is 5.94. The number of nitrogens with zero attached hydrogens (tertiary/aromatic N) is 2. The van der Waals surface area contributed by atoms with Crippen LogP contribution < -0.4 is 5.32 Å². The van der Waals surface area contributed by atoms with E-state index < -0.39 is 0 Å². The van der Waals surface area contributed by atoms with Crippen molar-refractivity contribution in [1.29, 1.82) is 0 Å². The van der Waals surface area contributed by atoms with Crippen LogP contribution in [-0.4, -0.2) is 15.7 Å². The van der Waals surface area contributed by atoms with Gasteiger partial charge in [0.25, 0.3) is 5.91 Å². The Balaban J connectivity index is 1.93. The van der Waals surface area contributed by atoms with E-state index in [1.807, 2.05) is 55.1 Å². The summed E-state index contributed by atoms with van der Waals surface area (Å²) in [6.07, 6.45) is 1.91. The zero-order valence-electron chi connectivity index (χ0n) is 10.7. The van der Waals surface area contributed by atoms with Crippen LogP contribution in [0.25, 0.3) is 0 Å². The normalized spacial score (nSPS) is 10.3. The van der Waals surface area contributed by atoms with Gasteiger partial charge in [0.2, 0.25) is 0 Å². The number of hydrogen-bond acceptors (Lipinski definition) is 2. The molecule has 0 unspecified atom stereocenters. The van der Waals surface area contributed by atoms with E-state index in [0.717, 1.165) is 17.8 Å². The van der Waals surface area contributed by atoms with Gasteiger partial charge >= 0.3 is 0 Å². The summed E-state index contributed by atoms with van der Waals surface area (Å²) in [5.41, 5.74) is 2.70. The van der Waals surface area contributed by atoms with Crippen molar-refractivity contribution in [1.82, 2.24) is 15.1 Å². The summed E-state index contributed by atoms with van der Waals surface area (Å²) in [7, 11) is 0. The van der Waals surface area contributed by atoms with E-state index in [2.05, 4.69) is 10.4 Å². The van der Waals surface area contributed by atoms with Gasteiger partial charge in [-0.3, -0.25) is 9.48 Å². The third-order valence-corrected chi connectivity index (χ3v) is 2.76. The van der Waals surface area contributed by atoms with Crippen molar-refractivity contribution in [3.63, 3.8) is 0 Å². The summed E-state index contributed by atoms with van der Waals surface area (Å²) in [4.78, 5) is 11.9. The van der Waals surface area contributed by atoms with E-state index in [4.69, 9.17) is 0 Å². The SMILES string of the molecule is CCn1ccc(CNC(=O)c2ccc(C)cc2)n1. The number of hydrogen-bond donors (Lipinski definition) is 1. The van der Waals surface area contributed by atoms with Crippen LogP contribution in [0.1, 0.15) is 28.5 Å². The Hall–Kier alpha value is -2.10. The van der Waals surface area contributed by atoms with Gasteiger partial charge in [-0.25, -0.2) is 0 Å². The summed E-state index contributed by atoms with van der Waals surface area (Å²) >= 11 is 0. The fourth-order valence-corrected chi connectivity index (χ4v) is 1.65. The van der Waals surface area contributed by atoms with Crippen molar-refractivity contribution in [3.05, 3.63) is 53.3 Å². The van der Waals surface area contributed by atoms with Crippen LogP contribution in [-0.2, 0) is 13.1 Å². The van der Waals surface area contributed by atoms with Gasteiger partial charge in [0.1, 0.15) is 0 Å². The number of amides is 1. The first kappa shape index (κ1) is 12.4. The Bertz CT molecular complexity index is 528. The van der Waals surface area contributed by atoms with Gasteiger partial charge < -0.3 is 5.32 Å². The van der Waals surface area contributed by atoms with Crippen LogP contribution in [0.3, 0.4) is 0 Å². The molecule has 0 atom stereocenters. The van der Waals surface area contributed by atoms with E-state index >= 15 is 0 Å². The maximum Gasteiger partial charge on any atom is 0.251 e. The fraction of sp³-hybridized carbons (Fsp3) is 0.286. The molecule has 18 heavy (non-hydrogen) atoms. The highest BCUT2D eigenvalue weighted by atomic mass is 16.1. The number of carbonyl (C=O) groups excluding carboxylic acids is 1. The molecule has 0 fully saturated rings. The van der Waals surface area contributed by atoms with Crippen molar-refractivity contribution in [2.45, 2.75) is 26.9 Å². The summed E-state index contributed by atoms with van der Waals surface area (Å²) in [5.74, 6) is -0.0685. The molecule has 1 aromatic carbocycles. The molecular weight excluding hydrogens is 226 g/mol. The van der Waals surface area contributed by atoms with E-state index in [9.17, 15) is 4.79 Å². The second-order valence-electron chi connectivity index (χ2n) is 4.21. The average Bonchev–Trinajstić information content (AvgIpc) is 2.85. The van der Waals surface area contributed by atoms with Gasteiger partial charge in [0, 0.05) is 18.3 Å². The van der Waals surface area contributed by atoms with Crippen molar-refractivity contribution in [2.24, 2.45) is 0 Å². The van der Waals surface area contributed by atoms with Crippen LogP contribution in [0, 0.1) is 6.92 Å².